The van der Waals surface area contributed by atoms with Gasteiger partial charge in [-0.15, -0.1) is 0 Å². The monoisotopic (exact) mass is 289 g/mol. The molecule has 0 atom stereocenters. The second-order valence-corrected chi connectivity index (χ2v) is 6.43. The smallest absolute Gasteiger partial charge is 0.222 e. The normalized spacial score (nSPS) is 18.7. The van der Waals surface area contributed by atoms with Crippen molar-refractivity contribution in [1.29, 1.82) is 0 Å². The van der Waals surface area contributed by atoms with Crippen molar-refractivity contribution in [2.45, 2.75) is 38.8 Å². The molecule has 4 heteroatoms. The maximum absolute atomic E-state index is 12.2. The Morgan fingerprint density at radius 2 is 1.95 bits per heavy atom. The van der Waals surface area contributed by atoms with Gasteiger partial charge in [-0.3, -0.25) is 9.69 Å². The molecule has 0 unspecified atom stereocenters. The maximum Gasteiger partial charge on any atom is 0.222 e. The Morgan fingerprint density at radius 1 is 1.24 bits per heavy atom. The van der Waals surface area contributed by atoms with Crippen molar-refractivity contribution in [2.24, 2.45) is 5.73 Å². The van der Waals surface area contributed by atoms with Crippen LogP contribution in [0.3, 0.4) is 0 Å². The first-order valence-corrected chi connectivity index (χ1v) is 7.80. The highest BCUT2D eigenvalue weighted by Crippen LogP contribution is 2.23. The molecule has 2 rings (SSSR count). The maximum atomic E-state index is 12.2. The summed E-state index contributed by atoms with van der Waals surface area (Å²) in [6, 6.07) is 10.5. The van der Waals surface area contributed by atoms with E-state index in [1.54, 1.807) is 0 Å². The molecule has 0 spiro atoms. The summed E-state index contributed by atoms with van der Waals surface area (Å²) in [5.41, 5.74) is 6.82. The van der Waals surface area contributed by atoms with Gasteiger partial charge in [-0.25, -0.2) is 0 Å². The zero-order chi connectivity index (χ0) is 15.3. The number of nitrogens with zero attached hydrogens (tertiary/aromatic N) is 2. The second kappa shape index (κ2) is 7.05. The number of amides is 1. The molecule has 1 aliphatic rings. The second-order valence-electron chi connectivity index (χ2n) is 6.43. The van der Waals surface area contributed by atoms with Crippen LogP contribution < -0.4 is 5.73 Å². The average Bonchev–Trinajstić information content (AvgIpc) is 2.47. The lowest BCUT2D eigenvalue weighted by Gasteiger charge is -2.47. The number of carbonyl (C=O) groups excluding carboxylic acids is 1. The van der Waals surface area contributed by atoms with E-state index < -0.39 is 0 Å². The van der Waals surface area contributed by atoms with Gasteiger partial charge in [0.05, 0.1) is 0 Å². The van der Waals surface area contributed by atoms with Crippen LogP contribution in [0.5, 0.6) is 0 Å². The molecule has 116 valence electrons. The Hall–Kier alpha value is -1.39. The lowest BCUT2D eigenvalue weighted by molar-refractivity contribution is -0.136. The Kier molecular flexibility index (Phi) is 5.37. The van der Waals surface area contributed by atoms with E-state index in [2.05, 4.69) is 43.0 Å². The Morgan fingerprint density at radius 3 is 2.57 bits per heavy atom. The molecule has 0 aliphatic carbocycles. The van der Waals surface area contributed by atoms with Crippen LogP contribution >= 0.6 is 0 Å². The number of nitrogens with two attached hydrogens (primary N) is 1. The van der Waals surface area contributed by atoms with E-state index in [0.29, 0.717) is 13.0 Å². The summed E-state index contributed by atoms with van der Waals surface area (Å²) in [4.78, 5) is 16.6. The largest absolute Gasteiger partial charge is 0.340 e. The van der Waals surface area contributed by atoms with Crippen molar-refractivity contribution in [3.8, 4) is 0 Å². The molecule has 1 amide bonds. The van der Waals surface area contributed by atoms with Gasteiger partial charge in [-0.2, -0.15) is 0 Å². The molecule has 21 heavy (non-hydrogen) atoms. The van der Waals surface area contributed by atoms with Crippen molar-refractivity contribution in [3.05, 3.63) is 35.9 Å². The summed E-state index contributed by atoms with van der Waals surface area (Å²) in [5.74, 6) is 0.243. The van der Waals surface area contributed by atoms with Gasteiger partial charge in [-0.1, -0.05) is 30.3 Å². The van der Waals surface area contributed by atoms with E-state index in [0.717, 1.165) is 32.6 Å². The lowest BCUT2D eigenvalue weighted by Crippen LogP contribution is -2.59. The van der Waals surface area contributed by atoms with Gasteiger partial charge in [0.15, 0.2) is 0 Å². The highest BCUT2D eigenvalue weighted by molar-refractivity contribution is 5.76. The molecule has 1 aliphatic heterocycles. The van der Waals surface area contributed by atoms with Gasteiger partial charge in [-0.05, 0) is 32.4 Å². The highest BCUT2D eigenvalue weighted by Gasteiger charge is 2.35. The molecule has 0 saturated carbocycles. The Bertz CT molecular complexity index is 458. The third kappa shape index (κ3) is 4.29. The van der Waals surface area contributed by atoms with Crippen LogP contribution in [0.15, 0.2) is 30.3 Å². The van der Waals surface area contributed by atoms with Crippen molar-refractivity contribution in [1.82, 2.24) is 9.80 Å². The number of hydrogen-bond donors (Lipinski definition) is 1. The molecule has 0 bridgehead atoms. The van der Waals surface area contributed by atoms with Gasteiger partial charge in [0.25, 0.3) is 0 Å². The van der Waals surface area contributed by atoms with E-state index in [1.165, 1.54) is 5.56 Å². The first-order valence-electron chi connectivity index (χ1n) is 7.80. The predicted molar refractivity (Wildman–Crippen MR) is 85.8 cm³/mol. The Labute approximate surface area is 127 Å². The summed E-state index contributed by atoms with van der Waals surface area (Å²) >= 11 is 0. The van der Waals surface area contributed by atoms with Crippen molar-refractivity contribution in [3.63, 3.8) is 0 Å². The molecule has 1 heterocycles. The molecule has 2 N–H and O–H groups in total. The molecule has 1 fully saturated rings. The van der Waals surface area contributed by atoms with Gasteiger partial charge in [0.1, 0.15) is 0 Å². The van der Waals surface area contributed by atoms with Crippen molar-refractivity contribution < 1.29 is 4.79 Å². The Balaban J connectivity index is 1.95. The van der Waals surface area contributed by atoms with E-state index >= 15 is 0 Å². The zero-order valence-corrected chi connectivity index (χ0v) is 13.2. The number of rotatable bonds is 5. The summed E-state index contributed by atoms with van der Waals surface area (Å²) < 4.78 is 0. The summed E-state index contributed by atoms with van der Waals surface area (Å²) in [5, 5.41) is 0. The first-order chi connectivity index (χ1) is 10.0. The fourth-order valence-electron chi connectivity index (χ4n) is 2.91. The number of carbonyl (C=O) groups is 1. The quantitative estimate of drug-likeness (QED) is 0.900. The van der Waals surface area contributed by atoms with Crippen LogP contribution in [0.1, 0.15) is 32.3 Å². The van der Waals surface area contributed by atoms with Crippen LogP contribution in [-0.4, -0.2) is 47.4 Å². The first kappa shape index (κ1) is 16.0. The molecule has 1 aromatic carbocycles. The minimum Gasteiger partial charge on any atom is -0.340 e. The number of piperazine rings is 1. The standard InChI is InChI=1S/C17H27N3O/c1-17(2)14-19(16(21)9-6-10-18)11-12-20(17)13-15-7-4-3-5-8-15/h3-5,7-8H,6,9-14,18H2,1-2H3. The van der Waals surface area contributed by atoms with Gasteiger partial charge in [0.2, 0.25) is 5.91 Å². The van der Waals surface area contributed by atoms with Crippen LogP contribution in [-0.2, 0) is 11.3 Å². The summed E-state index contributed by atoms with van der Waals surface area (Å²) in [6.45, 7) is 8.51. The zero-order valence-electron chi connectivity index (χ0n) is 13.2. The number of benzene rings is 1. The summed E-state index contributed by atoms with van der Waals surface area (Å²) in [6.07, 6.45) is 1.36. The minimum absolute atomic E-state index is 0.00641. The van der Waals surface area contributed by atoms with E-state index in [1.807, 2.05) is 11.0 Å². The highest BCUT2D eigenvalue weighted by atomic mass is 16.2. The topological polar surface area (TPSA) is 49.6 Å². The molecule has 1 aromatic rings. The van der Waals surface area contributed by atoms with Gasteiger partial charge < -0.3 is 10.6 Å². The van der Waals surface area contributed by atoms with Crippen molar-refractivity contribution >= 4 is 5.91 Å². The molecule has 0 aromatic heterocycles. The van der Waals surface area contributed by atoms with Crippen LogP contribution in [0.2, 0.25) is 0 Å². The van der Waals surface area contributed by atoms with Crippen LogP contribution in [0.4, 0.5) is 0 Å². The molecule has 4 nitrogen and oxygen atoms in total. The summed E-state index contributed by atoms with van der Waals surface area (Å²) in [7, 11) is 0. The van der Waals surface area contributed by atoms with Gasteiger partial charge in [0, 0.05) is 38.1 Å². The SMILES string of the molecule is CC1(C)CN(C(=O)CCCN)CCN1Cc1ccccc1. The molecular weight excluding hydrogens is 262 g/mol. The van der Waals surface area contributed by atoms with E-state index in [-0.39, 0.29) is 11.4 Å². The minimum atomic E-state index is 0.00641. The fourth-order valence-corrected chi connectivity index (χ4v) is 2.91. The predicted octanol–water partition coefficient (Wildman–Crippen LogP) is 1.85. The molecule has 1 saturated heterocycles. The fraction of sp³-hybridized carbons (Fsp3) is 0.588. The third-order valence-electron chi connectivity index (χ3n) is 4.24. The van der Waals surface area contributed by atoms with Crippen LogP contribution in [0, 0.1) is 0 Å². The number of hydrogen-bond acceptors (Lipinski definition) is 3. The van der Waals surface area contributed by atoms with E-state index in [4.69, 9.17) is 5.73 Å². The van der Waals surface area contributed by atoms with Crippen LogP contribution in [0.25, 0.3) is 0 Å². The molecule has 0 radical (unpaired) electrons. The van der Waals surface area contributed by atoms with Gasteiger partial charge >= 0.3 is 0 Å². The van der Waals surface area contributed by atoms with Crippen molar-refractivity contribution in [2.75, 3.05) is 26.2 Å². The third-order valence-corrected chi connectivity index (χ3v) is 4.24. The van der Waals surface area contributed by atoms with E-state index in [9.17, 15) is 4.79 Å². The lowest BCUT2D eigenvalue weighted by atomic mass is 9.97. The molecular formula is C17H27N3O. The average molecular weight is 289 g/mol.